The molecule has 0 aliphatic carbocycles. The van der Waals surface area contributed by atoms with Crippen LogP contribution in [0.25, 0.3) is 0 Å². The largest absolute Gasteiger partial charge is 0.365 e. The topological polar surface area (TPSA) is 53.6 Å². The number of hydrogen-bond acceptors (Lipinski definition) is 4. The first-order chi connectivity index (χ1) is 7.34. The van der Waals surface area contributed by atoms with Gasteiger partial charge in [-0.25, -0.2) is 4.98 Å². The lowest BCUT2D eigenvalue weighted by Crippen LogP contribution is -2.02. The molecule has 15 heavy (non-hydrogen) atoms. The molecular weight excluding hydrogens is 208 g/mol. The van der Waals surface area contributed by atoms with Gasteiger partial charge in [-0.05, 0) is 17.8 Å². The van der Waals surface area contributed by atoms with E-state index in [1.165, 1.54) is 5.56 Å². The molecule has 0 atom stereocenters. The Labute approximate surface area is 92.4 Å². The summed E-state index contributed by atoms with van der Waals surface area (Å²) < 4.78 is 0.382. The molecule has 5 heteroatoms. The zero-order valence-corrected chi connectivity index (χ0v) is 8.79. The van der Waals surface area contributed by atoms with Gasteiger partial charge >= 0.3 is 0 Å². The number of aromatic amines is 1. The fraction of sp³-hybridized carbons (Fsp3) is 0.100. The summed E-state index contributed by atoms with van der Waals surface area (Å²) in [6.45, 7) is 0.717. The molecule has 0 saturated heterocycles. The molecule has 2 rings (SSSR count). The van der Waals surface area contributed by atoms with Crippen LogP contribution in [-0.2, 0) is 6.54 Å². The van der Waals surface area contributed by atoms with Gasteiger partial charge in [0.1, 0.15) is 5.82 Å². The van der Waals surface area contributed by atoms with Crippen LogP contribution < -0.4 is 5.32 Å². The van der Waals surface area contributed by atoms with E-state index in [9.17, 15) is 0 Å². The van der Waals surface area contributed by atoms with Crippen molar-refractivity contribution in [2.24, 2.45) is 0 Å². The highest BCUT2D eigenvalue weighted by Gasteiger charge is 1.94. The van der Waals surface area contributed by atoms with E-state index >= 15 is 0 Å². The van der Waals surface area contributed by atoms with Crippen molar-refractivity contribution in [2.45, 2.75) is 6.54 Å². The second-order valence-electron chi connectivity index (χ2n) is 3.01. The Balaban J connectivity index is 2.02. The Bertz CT molecular complexity index is 480. The monoisotopic (exact) mass is 218 g/mol. The number of rotatable bonds is 3. The van der Waals surface area contributed by atoms with Crippen molar-refractivity contribution in [3.63, 3.8) is 0 Å². The van der Waals surface area contributed by atoms with Crippen LogP contribution in [0.5, 0.6) is 0 Å². The van der Waals surface area contributed by atoms with Crippen LogP contribution in [0.2, 0.25) is 0 Å². The van der Waals surface area contributed by atoms with Gasteiger partial charge in [0.25, 0.3) is 0 Å². The third-order valence-corrected chi connectivity index (χ3v) is 2.07. The zero-order valence-electron chi connectivity index (χ0n) is 7.97. The Kier molecular flexibility index (Phi) is 3.04. The van der Waals surface area contributed by atoms with Gasteiger partial charge in [0.05, 0.1) is 6.20 Å². The SMILES string of the molecule is S=c1nc(NCc2ccccc2)cn[nH]1. The highest BCUT2D eigenvalue weighted by molar-refractivity contribution is 7.71. The zero-order chi connectivity index (χ0) is 10.5. The van der Waals surface area contributed by atoms with E-state index in [0.29, 0.717) is 17.1 Å². The van der Waals surface area contributed by atoms with Gasteiger partial charge in [-0.2, -0.15) is 5.10 Å². The smallest absolute Gasteiger partial charge is 0.215 e. The number of benzene rings is 1. The minimum atomic E-state index is 0.382. The van der Waals surface area contributed by atoms with E-state index in [1.807, 2.05) is 30.3 Å². The van der Waals surface area contributed by atoms with Gasteiger partial charge in [0.2, 0.25) is 4.77 Å². The molecule has 0 fully saturated rings. The number of H-pyrrole nitrogens is 1. The highest BCUT2D eigenvalue weighted by atomic mass is 32.1. The quantitative estimate of drug-likeness (QED) is 0.775. The fourth-order valence-corrected chi connectivity index (χ4v) is 1.34. The molecule has 0 spiro atoms. The third-order valence-electron chi connectivity index (χ3n) is 1.89. The van der Waals surface area contributed by atoms with E-state index in [1.54, 1.807) is 6.20 Å². The first kappa shape index (κ1) is 9.79. The molecule has 1 heterocycles. The lowest BCUT2D eigenvalue weighted by Gasteiger charge is -2.03. The van der Waals surface area contributed by atoms with Gasteiger partial charge in [-0.1, -0.05) is 30.3 Å². The molecule has 2 N–H and O–H groups in total. The summed E-state index contributed by atoms with van der Waals surface area (Å²) >= 11 is 4.86. The summed E-state index contributed by atoms with van der Waals surface area (Å²) in [4.78, 5) is 4.07. The fourth-order valence-electron chi connectivity index (χ4n) is 1.19. The van der Waals surface area contributed by atoms with Gasteiger partial charge in [0.15, 0.2) is 0 Å². The molecule has 0 aliphatic rings. The highest BCUT2D eigenvalue weighted by Crippen LogP contribution is 2.03. The van der Waals surface area contributed by atoms with Crippen molar-refractivity contribution in [1.29, 1.82) is 0 Å². The maximum atomic E-state index is 4.86. The Morgan fingerprint density at radius 2 is 2.07 bits per heavy atom. The molecule has 0 aliphatic heterocycles. The van der Waals surface area contributed by atoms with Crippen LogP contribution in [0.4, 0.5) is 5.82 Å². The molecule has 4 nitrogen and oxygen atoms in total. The van der Waals surface area contributed by atoms with Crippen molar-refractivity contribution < 1.29 is 0 Å². The van der Waals surface area contributed by atoms with E-state index in [-0.39, 0.29) is 0 Å². The van der Waals surface area contributed by atoms with Crippen LogP contribution >= 0.6 is 12.2 Å². The number of nitrogens with zero attached hydrogens (tertiary/aromatic N) is 2. The Hall–Kier alpha value is -1.75. The van der Waals surface area contributed by atoms with Crippen LogP contribution in [0.1, 0.15) is 5.56 Å². The molecule has 1 aromatic heterocycles. The molecule has 1 aromatic carbocycles. The van der Waals surface area contributed by atoms with Crippen LogP contribution in [0.3, 0.4) is 0 Å². The number of aromatic nitrogens is 3. The number of anilines is 1. The first-order valence-corrected chi connectivity index (χ1v) is 4.95. The summed E-state index contributed by atoms with van der Waals surface area (Å²) in [7, 11) is 0. The maximum absolute atomic E-state index is 4.86. The molecule has 76 valence electrons. The number of hydrogen-bond donors (Lipinski definition) is 2. The summed E-state index contributed by atoms with van der Waals surface area (Å²) in [5, 5.41) is 9.57. The van der Waals surface area contributed by atoms with E-state index in [2.05, 4.69) is 20.5 Å². The average Bonchev–Trinajstić information content (AvgIpc) is 2.28. The van der Waals surface area contributed by atoms with Gasteiger partial charge in [-0.3, -0.25) is 5.10 Å². The van der Waals surface area contributed by atoms with E-state index in [4.69, 9.17) is 12.2 Å². The Morgan fingerprint density at radius 3 is 2.80 bits per heavy atom. The summed E-state index contributed by atoms with van der Waals surface area (Å²) in [5.41, 5.74) is 1.19. The predicted molar refractivity (Wildman–Crippen MR) is 61.0 cm³/mol. The maximum Gasteiger partial charge on any atom is 0.215 e. The van der Waals surface area contributed by atoms with Crippen molar-refractivity contribution in [3.05, 3.63) is 46.9 Å². The summed E-state index contributed by atoms with van der Waals surface area (Å²) in [6.07, 6.45) is 1.61. The van der Waals surface area contributed by atoms with Crippen molar-refractivity contribution in [1.82, 2.24) is 15.2 Å². The van der Waals surface area contributed by atoms with Gasteiger partial charge in [0, 0.05) is 6.54 Å². The van der Waals surface area contributed by atoms with E-state index < -0.39 is 0 Å². The molecule has 0 radical (unpaired) electrons. The van der Waals surface area contributed by atoms with Gasteiger partial charge < -0.3 is 5.32 Å². The van der Waals surface area contributed by atoms with Crippen molar-refractivity contribution in [2.75, 3.05) is 5.32 Å². The second kappa shape index (κ2) is 4.65. The van der Waals surface area contributed by atoms with Crippen molar-refractivity contribution >= 4 is 18.0 Å². The lowest BCUT2D eigenvalue weighted by atomic mass is 10.2. The molecule has 0 amide bonds. The lowest BCUT2D eigenvalue weighted by molar-refractivity contribution is 0.939. The minimum absolute atomic E-state index is 0.382. The van der Waals surface area contributed by atoms with E-state index in [0.717, 1.165) is 0 Å². The molecule has 2 aromatic rings. The van der Waals surface area contributed by atoms with Crippen molar-refractivity contribution in [3.8, 4) is 0 Å². The number of nitrogens with one attached hydrogen (secondary N) is 2. The van der Waals surface area contributed by atoms with Crippen LogP contribution in [0, 0.1) is 4.77 Å². The molecular formula is C10H10N4S. The average molecular weight is 218 g/mol. The third kappa shape index (κ3) is 2.85. The summed E-state index contributed by atoms with van der Waals surface area (Å²) in [5.74, 6) is 0.683. The standard InChI is InChI=1S/C10H10N4S/c15-10-13-9(7-12-14-10)11-6-8-4-2-1-3-5-8/h1-5,7H,6H2,(H2,11,13,14,15). The predicted octanol–water partition coefficient (Wildman–Crippen LogP) is 2.15. The molecule has 0 saturated carbocycles. The molecule has 0 bridgehead atoms. The minimum Gasteiger partial charge on any atom is -0.365 e. The Morgan fingerprint density at radius 1 is 1.27 bits per heavy atom. The van der Waals surface area contributed by atoms with Crippen LogP contribution in [0.15, 0.2) is 36.5 Å². The van der Waals surface area contributed by atoms with Gasteiger partial charge in [-0.15, -0.1) is 0 Å². The second-order valence-corrected chi connectivity index (χ2v) is 3.40. The normalized spacial score (nSPS) is 9.87. The van der Waals surface area contributed by atoms with Crippen LogP contribution in [-0.4, -0.2) is 15.2 Å². The first-order valence-electron chi connectivity index (χ1n) is 4.54. The summed E-state index contributed by atoms with van der Waals surface area (Å²) in [6, 6.07) is 10.1. The molecule has 0 unspecified atom stereocenters.